The first-order valence-corrected chi connectivity index (χ1v) is 8.59. The zero-order chi connectivity index (χ0) is 16.0. The molecule has 2 fully saturated rings. The van der Waals surface area contributed by atoms with Crippen molar-refractivity contribution >= 4 is 11.4 Å². The highest BCUT2D eigenvalue weighted by Gasteiger charge is 2.36. The fourth-order valence-electron chi connectivity index (χ4n) is 4.32. The molecule has 4 rings (SSSR count). The van der Waals surface area contributed by atoms with Gasteiger partial charge in [-0.15, -0.1) is 0 Å². The minimum atomic E-state index is 0.0122. The topological polar surface area (TPSA) is 49.6 Å². The Bertz CT molecular complexity index is 724. The van der Waals surface area contributed by atoms with Crippen LogP contribution in [0.25, 0.3) is 5.52 Å². The quantitative estimate of drug-likeness (QED) is 0.926. The van der Waals surface area contributed by atoms with Crippen LogP contribution >= 0.6 is 0 Å². The number of nitrogens with zero attached hydrogens (tertiary/aromatic N) is 3. The van der Waals surface area contributed by atoms with E-state index in [9.17, 15) is 4.79 Å². The minimum absolute atomic E-state index is 0.0122. The van der Waals surface area contributed by atoms with E-state index in [0.717, 1.165) is 24.1 Å². The largest absolute Gasteiger partial charge is 0.349 e. The van der Waals surface area contributed by atoms with Gasteiger partial charge in [-0.05, 0) is 51.8 Å². The number of piperidine rings is 2. The first-order valence-electron chi connectivity index (χ1n) is 8.59. The van der Waals surface area contributed by atoms with E-state index >= 15 is 0 Å². The van der Waals surface area contributed by atoms with Gasteiger partial charge in [0.15, 0.2) is 0 Å². The van der Waals surface area contributed by atoms with E-state index in [1.165, 1.54) is 19.3 Å². The molecule has 2 aromatic heterocycles. The van der Waals surface area contributed by atoms with Crippen LogP contribution in [0.15, 0.2) is 24.4 Å². The molecule has 2 aliphatic heterocycles. The average molecular weight is 312 g/mol. The third kappa shape index (κ3) is 2.53. The Morgan fingerprint density at radius 2 is 2.00 bits per heavy atom. The third-order valence-corrected chi connectivity index (χ3v) is 5.65. The summed E-state index contributed by atoms with van der Waals surface area (Å²) in [6, 6.07) is 7.47. The van der Waals surface area contributed by atoms with Gasteiger partial charge in [-0.25, -0.2) is 4.52 Å². The molecular weight excluding hydrogens is 288 g/mol. The number of fused-ring (bicyclic) bond motifs is 3. The number of rotatable bonds is 2. The number of pyridine rings is 1. The van der Waals surface area contributed by atoms with Crippen LogP contribution in [0, 0.1) is 6.92 Å². The monoisotopic (exact) mass is 312 g/mol. The third-order valence-electron chi connectivity index (χ3n) is 5.65. The highest BCUT2D eigenvalue weighted by Crippen LogP contribution is 2.32. The number of aromatic nitrogens is 2. The van der Waals surface area contributed by atoms with Crippen LogP contribution in [0.1, 0.15) is 48.2 Å². The SMILES string of the molecule is Cc1cccc2c(C(=O)NC3CC4CCCC(C3)N4C)cnn12. The Balaban J connectivity index is 1.52. The summed E-state index contributed by atoms with van der Waals surface area (Å²) in [4.78, 5) is 15.2. The highest BCUT2D eigenvalue weighted by atomic mass is 16.1. The lowest BCUT2D eigenvalue weighted by atomic mass is 9.82. The van der Waals surface area contributed by atoms with Crippen LogP contribution in [-0.4, -0.2) is 45.6 Å². The summed E-state index contributed by atoms with van der Waals surface area (Å²) < 4.78 is 1.83. The predicted octanol–water partition coefficient (Wildman–Crippen LogP) is 2.39. The number of nitrogens with one attached hydrogen (secondary N) is 1. The number of hydrogen-bond acceptors (Lipinski definition) is 3. The Morgan fingerprint density at radius 1 is 1.26 bits per heavy atom. The van der Waals surface area contributed by atoms with Crippen molar-refractivity contribution in [1.29, 1.82) is 0 Å². The summed E-state index contributed by atoms with van der Waals surface area (Å²) in [5, 5.41) is 7.61. The lowest BCUT2D eigenvalue weighted by Gasteiger charge is -2.47. The van der Waals surface area contributed by atoms with Crippen LogP contribution in [0.3, 0.4) is 0 Å². The number of carbonyl (C=O) groups excluding carboxylic acids is 1. The van der Waals surface area contributed by atoms with Gasteiger partial charge in [0.2, 0.25) is 0 Å². The second kappa shape index (κ2) is 5.64. The van der Waals surface area contributed by atoms with Crippen molar-refractivity contribution in [3.63, 3.8) is 0 Å². The van der Waals surface area contributed by atoms with E-state index < -0.39 is 0 Å². The Labute approximate surface area is 136 Å². The van der Waals surface area contributed by atoms with Crippen LogP contribution in [0.4, 0.5) is 0 Å². The van der Waals surface area contributed by atoms with E-state index in [1.54, 1.807) is 6.20 Å². The van der Waals surface area contributed by atoms with Gasteiger partial charge in [-0.2, -0.15) is 5.10 Å². The molecule has 2 bridgehead atoms. The second-order valence-electron chi connectivity index (χ2n) is 7.07. The molecule has 2 unspecified atom stereocenters. The van der Waals surface area contributed by atoms with Crippen molar-refractivity contribution in [2.24, 2.45) is 0 Å². The summed E-state index contributed by atoms with van der Waals surface area (Å²) in [5.41, 5.74) is 2.60. The summed E-state index contributed by atoms with van der Waals surface area (Å²) in [6.45, 7) is 2.00. The van der Waals surface area contributed by atoms with Gasteiger partial charge in [0.05, 0.1) is 17.3 Å². The molecule has 2 atom stereocenters. The summed E-state index contributed by atoms with van der Waals surface area (Å²) in [5.74, 6) is 0.0122. The molecule has 0 saturated carbocycles. The van der Waals surface area contributed by atoms with Crippen molar-refractivity contribution in [3.8, 4) is 0 Å². The van der Waals surface area contributed by atoms with Gasteiger partial charge in [-0.1, -0.05) is 12.5 Å². The lowest BCUT2D eigenvalue weighted by molar-refractivity contribution is 0.0463. The number of carbonyl (C=O) groups is 1. The molecule has 5 nitrogen and oxygen atoms in total. The summed E-state index contributed by atoms with van der Waals surface area (Å²) in [6.07, 6.45) is 7.67. The van der Waals surface area contributed by atoms with Gasteiger partial charge < -0.3 is 10.2 Å². The average Bonchev–Trinajstić information content (AvgIpc) is 2.94. The zero-order valence-corrected chi connectivity index (χ0v) is 13.8. The Hall–Kier alpha value is -1.88. The van der Waals surface area contributed by atoms with Crippen molar-refractivity contribution < 1.29 is 4.79 Å². The smallest absolute Gasteiger partial charge is 0.255 e. The van der Waals surface area contributed by atoms with Gasteiger partial charge in [-0.3, -0.25) is 4.79 Å². The molecule has 2 saturated heterocycles. The normalized spacial score (nSPS) is 28.0. The molecule has 5 heteroatoms. The van der Waals surface area contributed by atoms with Crippen LogP contribution in [0.2, 0.25) is 0 Å². The highest BCUT2D eigenvalue weighted by molar-refractivity contribution is 6.00. The predicted molar refractivity (Wildman–Crippen MR) is 89.6 cm³/mol. The zero-order valence-electron chi connectivity index (χ0n) is 13.8. The summed E-state index contributed by atoms with van der Waals surface area (Å²) >= 11 is 0. The molecule has 0 spiro atoms. The number of aryl methyl sites for hydroxylation is 1. The van der Waals surface area contributed by atoms with E-state index in [1.807, 2.05) is 29.6 Å². The molecule has 0 radical (unpaired) electrons. The maximum absolute atomic E-state index is 12.7. The Morgan fingerprint density at radius 3 is 2.74 bits per heavy atom. The van der Waals surface area contributed by atoms with Crippen molar-refractivity contribution in [1.82, 2.24) is 19.8 Å². The maximum atomic E-state index is 12.7. The van der Waals surface area contributed by atoms with Crippen molar-refractivity contribution in [3.05, 3.63) is 35.7 Å². The fourth-order valence-corrected chi connectivity index (χ4v) is 4.32. The van der Waals surface area contributed by atoms with Crippen molar-refractivity contribution in [2.75, 3.05) is 7.05 Å². The molecule has 0 aromatic carbocycles. The van der Waals surface area contributed by atoms with E-state index in [4.69, 9.17) is 0 Å². The molecule has 23 heavy (non-hydrogen) atoms. The van der Waals surface area contributed by atoms with E-state index in [2.05, 4.69) is 22.4 Å². The van der Waals surface area contributed by atoms with Crippen LogP contribution in [-0.2, 0) is 0 Å². The molecule has 0 aliphatic carbocycles. The molecule has 4 heterocycles. The fraction of sp³-hybridized carbons (Fsp3) is 0.556. The second-order valence-corrected chi connectivity index (χ2v) is 7.07. The molecule has 2 aromatic rings. The number of amides is 1. The minimum Gasteiger partial charge on any atom is -0.349 e. The molecule has 1 N–H and O–H groups in total. The van der Waals surface area contributed by atoms with Gasteiger partial charge in [0.25, 0.3) is 5.91 Å². The number of hydrogen-bond donors (Lipinski definition) is 1. The van der Waals surface area contributed by atoms with Crippen LogP contribution in [0.5, 0.6) is 0 Å². The van der Waals surface area contributed by atoms with Gasteiger partial charge >= 0.3 is 0 Å². The van der Waals surface area contributed by atoms with E-state index in [0.29, 0.717) is 17.6 Å². The molecular formula is C18H24N4O. The van der Waals surface area contributed by atoms with Gasteiger partial charge in [0.1, 0.15) is 0 Å². The first kappa shape index (κ1) is 14.7. The lowest BCUT2D eigenvalue weighted by Crippen LogP contribution is -2.55. The van der Waals surface area contributed by atoms with Crippen LogP contribution < -0.4 is 5.32 Å². The molecule has 122 valence electrons. The first-order chi connectivity index (χ1) is 11.1. The summed E-state index contributed by atoms with van der Waals surface area (Å²) in [7, 11) is 2.24. The maximum Gasteiger partial charge on any atom is 0.255 e. The Kier molecular flexibility index (Phi) is 3.60. The van der Waals surface area contributed by atoms with Crippen molar-refractivity contribution in [2.45, 2.75) is 57.2 Å². The standard InChI is InChI=1S/C18H24N4O/c1-12-5-3-8-17-16(11-19-22(12)17)18(23)20-13-9-14-6-4-7-15(10-13)21(14)2/h3,5,8,11,13-15H,4,6-7,9-10H2,1-2H3,(H,20,23). The molecule has 2 aliphatic rings. The van der Waals surface area contributed by atoms with Gasteiger partial charge in [0, 0.05) is 23.8 Å². The molecule has 1 amide bonds. The van der Waals surface area contributed by atoms with E-state index in [-0.39, 0.29) is 11.9 Å².